The van der Waals surface area contributed by atoms with Gasteiger partial charge in [0.25, 0.3) is 5.91 Å². The number of carbonyl (C=O) groups is 1. The molecule has 0 aliphatic rings. The van der Waals surface area contributed by atoms with Crippen LogP contribution in [0.5, 0.6) is 0 Å². The van der Waals surface area contributed by atoms with E-state index in [1.807, 2.05) is 0 Å². The molecule has 8 heteroatoms. The van der Waals surface area contributed by atoms with Gasteiger partial charge in [0.05, 0.1) is 11.5 Å². The lowest BCUT2D eigenvalue weighted by molar-refractivity contribution is -0.141. The highest BCUT2D eigenvalue weighted by Gasteiger charge is 2.33. The van der Waals surface area contributed by atoms with E-state index >= 15 is 0 Å². The average molecular weight is 285 g/mol. The van der Waals surface area contributed by atoms with Crippen LogP contribution in [0.15, 0.2) is 16.3 Å². The van der Waals surface area contributed by atoms with Crippen molar-refractivity contribution in [3.8, 4) is 0 Å². The third-order valence-electron chi connectivity index (χ3n) is 1.82. The molecule has 1 heterocycles. The zero-order chi connectivity index (χ0) is 13.1. The van der Waals surface area contributed by atoms with Gasteiger partial charge in [0, 0.05) is 16.8 Å². The molecular weight excluding hydrogens is 275 g/mol. The molecule has 1 amide bonds. The van der Waals surface area contributed by atoms with Gasteiger partial charge in [0.15, 0.2) is 0 Å². The van der Waals surface area contributed by atoms with Gasteiger partial charge in [-0.15, -0.1) is 24.0 Å². The molecule has 0 saturated carbocycles. The first kappa shape index (κ1) is 14.3. The molecule has 1 aromatic heterocycles. The smallest absolute Gasteiger partial charge is 0.395 e. The van der Waals surface area contributed by atoms with Crippen LogP contribution in [0, 0.1) is 0 Å². The summed E-state index contributed by atoms with van der Waals surface area (Å²) in [6.45, 7) is -2.23. The molecule has 1 aromatic rings. The second kappa shape index (κ2) is 5.74. The second-order valence-corrected chi connectivity index (χ2v) is 4.66. The summed E-state index contributed by atoms with van der Waals surface area (Å²) in [7, 11) is 0. The summed E-state index contributed by atoms with van der Waals surface area (Å²) in [5.41, 5.74) is 0. The van der Waals surface area contributed by atoms with Crippen molar-refractivity contribution in [1.82, 2.24) is 4.90 Å². The van der Waals surface area contributed by atoms with Gasteiger partial charge in [0.2, 0.25) is 0 Å². The van der Waals surface area contributed by atoms with E-state index in [-0.39, 0.29) is 11.4 Å². The minimum Gasteiger partial charge on any atom is -0.395 e. The summed E-state index contributed by atoms with van der Waals surface area (Å²) in [5.74, 6) is -0.748. The molecule has 1 rings (SSSR count). The van der Waals surface area contributed by atoms with Crippen LogP contribution < -0.4 is 0 Å². The Morgan fingerprint density at radius 2 is 2.18 bits per heavy atom. The number of hydrogen-bond donors (Lipinski definition) is 2. The van der Waals surface area contributed by atoms with Crippen LogP contribution in [0.2, 0.25) is 0 Å². The van der Waals surface area contributed by atoms with E-state index in [1.54, 1.807) is 5.38 Å². The first-order valence-corrected chi connectivity index (χ1v) is 5.90. The Bertz CT molecular complexity index is 392. The average Bonchev–Trinajstić information content (AvgIpc) is 2.61. The normalized spacial score (nSPS) is 11.6. The van der Waals surface area contributed by atoms with E-state index in [2.05, 4.69) is 12.6 Å². The van der Waals surface area contributed by atoms with Gasteiger partial charge in [-0.3, -0.25) is 4.79 Å². The molecule has 17 heavy (non-hydrogen) atoms. The molecule has 0 fully saturated rings. The number of amides is 1. The fourth-order valence-corrected chi connectivity index (χ4v) is 2.30. The first-order valence-electron chi connectivity index (χ1n) is 4.58. The summed E-state index contributed by atoms with van der Waals surface area (Å²) >= 11 is 5.00. The number of aliphatic hydroxyl groups excluding tert-OH is 1. The molecule has 0 aliphatic heterocycles. The van der Waals surface area contributed by atoms with E-state index in [9.17, 15) is 18.0 Å². The van der Waals surface area contributed by atoms with Crippen LogP contribution in [0.3, 0.4) is 0 Å². The first-order chi connectivity index (χ1) is 7.83. The van der Waals surface area contributed by atoms with Crippen molar-refractivity contribution in [2.45, 2.75) is 11.1 Å². The predicted molar refractivity (Wildman–Crippen MR) is 60.6 cm³/mol. The standard InChI is InChI=1S/C9H10F3NO2S2/c10-9(11,12)5-13(1-2-14)8(15)7-3-6(16)4-17-7/h3-4,14,16H,1-2,5H2. The Morgan fingerprint density at radius 3 is 2.59 bits per heavy atom. The topological polar surface area (TPSA) is 40.5 Å². The van der Waals surface area contributed by atoms with Crippen LogP contribution in [0.25, 0.3) is 0 Å². The van der Waals surface area contributed by atoms with Crippen molar-refractivity contribution in [3.05, 3.63) is 16.3 Å². The summed E-state index contributed by atoms with van der Waals surface area (Å²) in [5, 5.41) is 10.2. The largest absolute Gasteiger partial charge is 0.406 e. The molecular formula is C9H10F3NO2S2. The van der Waals surface area contributed by atoms with Crippen LogP contribution in [0.4, 0.5) is 13.2 Å². The van der Waals surface area contributed by atoms with Crippen molar-refractivity contribution in [2.24, 2.45) is 0 Å². The number of rotatable bonds is 4. The lowest BCUT2D eigenvalue weighted by atomic mass is 10.3. The Morgan fingerprint density at radius 1 is 1.53 bits per heavy atom. The number of hydrogen-bond acceptors (Lipinski definition) is 4. The molecule has 0 aliphatic carbocycles. The van der Waals surface area contributed by atoms with E-state index in [0.717, 1.165) is 11.3 Å². The summed E-state index contributed by atoms with van der Waals surface area (Å²) in [4.78, 5) is 13.0. The number of aliphatic hydroxyl groups is 1. The fourth-order valence-electron chi connectivity index (χ4n) is 1.18. The summed E-state index contributed by atoms with van der Waals surface area (Å²) < 4.78 is 36.7. The maximum atomic E-state index is 12.2. The van der Waals surface area contributed by atoms with E-state index < -0.39 is 25.2 Å². The molecule has 96 valence electrons. The zero-order valence-corrected chi connectivity index (χ0v) is 10.3. The number of alkyl halides is 3. The molecule has 3 nitrogen and oxygen atoms in total. The van der Waals surface area contributed by atoms with Gasteiger partial charge in [-0.25, -0.2) is 0 Å². The van der Waals surface area contributed by atoms with Crippen molar-refractivity contribution < 1.29 is 23.1 Å². The highest BCUT2D eigenvalue weighted by molar-refractivity contribution is 7.80. The van der Waals surface area contributed by atoms with Gasteiger partial charge in [-0.2, -0.15) is 13.2 Å². The van der Waals surface area contributed by atoms with E-state index in [4.69, 9.17) is 5.11 Å². The van der Waals surface area contributed by atoms with E-state index in [1.165, 1.54) is 6.07 Å². The van der Waals surface area contributed by atoms with Crippen molar-refractivity contribution >= 4 is 29.9 Å². The molecule has 0 atom stereocenters. The fraction of sp³-hybridized carbons (Fsp3) is 0.444. The van der Waals surface area contributed by atoms with Crippen LogP contribution in [-0.4, -0.2) is 41.8 Å². The van der Waals surface area contributed by atoms with Gasteiger partial charge < -0.3 is 10.0 Å². The number of thiophene rings is 1. The second-order valence-electron chi connectivity index (χ2n) is 3.23. The quantitative estimate of drug-likeness (QED) is 0.831. The molecule has 0 spiro atoms. The van der Waals surface area contributed by atoms with Gasteiger partial charge >= 0.3 is 6.18 Å². The van der Waals surface area contributed by atoms with Crippen molar-refractivity contribution in [3.63, 3.8) is 0 Å². The van der Waals surface area contributed by atoms with E-state index in [0.29, 0.717) is 9.80 Å². The Labute approximate surface area is 105 Å². The van der Waals surface area contributed by atoms with Crippen molar-refractivity contribution in [2.75, 3.05) is 19.7 Å². The van der Waals surface area contributed by atoms with Gasteiger partial charge in [-0.1, -0.05) is 0 Å². The molecule has 0 radical (unpaired) electrons. The molecule has 0 bridgehead atoms. The highest BCUT2D eigenvalue weighted by Crippen LogP contribution is 2.22. The third-order valence-corrected chi connectivity index (χ3v) is 3.17. The molecule has 1 N–H and O–H groups in total. The number of nitrogens with zero attached hydrogens (tertiary/aromatic N) is 1. The highest BCUT2D eigenvalue weighted by atomic mass is 32.1. The Kier molecular flexibility index (Phi) is 4.84. The summed E-state index contributed by atoms with van der Waals surface area (Å²) in [6, 6.07) is 1.40. The molecule has 0 saturated heterocycles. The minimum atomic E-state index is -4.48. The molecule has 0 aromatic carbocycles. The lowest BCUT2D eigenvalue weighted by Gasteiger charge is -2.22. The van der Waals surface area contributed by atoms with Crippen molar-refractivity contribution in [1.29, 1.82) is 0 Å². The van der Waals surface area contributed by atoms with Crippen LogP contribution >= 0.6 is 24.0 Å². The Hall–Kier alpha value is -0.730. The number of carbonyl (C=O) groups excluding carboxylic acids is 1. The lowest BCUT2D eigenvalue weighted by Crippen LogP contribution is -2.40. The number of halogens is 3. The maximum absolute atomic E-state index is 12.2. The van der Waals surface area contributed by atoms with Gasteiger partial charge in [0.1, 0.15) is 6.54 Å². The monoisotopic (exact) mass is 285 g/mol. The maximum Gasteiger partial charge on any atom is 0.406 e. The van der Waals surface area contributed by atoms with Crippen LogP contribution in [-0.2, 0) is 0 Å². The summed E-state index contributed by atoms with van der Waals surface area (Å²) in [6.07, 6.45) is -4.48. The molecule has 0 unspecified atom stereocenters. The zero-order valence-electron chi connectivity index (χ0n) is 8.57. The Balaban J connectivity index is 2.80. The van der Waals surface area contributed by atoms with Gasteiger partial charge in [-0.05, 0) is 6.07 Å². The predicted octanol–water partition coefficient (Wildman–Crippen LogP) is 2.03. The minimum absolute atomic E-state index is 0.174. The third kappa shape index (κ3) is 4.57. The van der Waals surface area contributed by atoms with Crippen LogP contribution in [0.1, 0.15) is 9.67 Å². The number of thiol groups is 1. The SMILES string of the molecule is O=C(c1cc(S)cs1)N(CCO)CC(F)(F)F.